The highest BCUT2D eigenvalue weighted by Gasteiger charge is 2.38. The van der Waals surface area contributed by atoms with Crippen molar-refractivity contribution in [2.75, 3.05) is 19.6 Å². The fraction of sp³-hybridized carbons (Fsp3) is 1.00. The van der Waals surface area contributed by atoms with Crippen LogP contribution in [0.1, 0.15) is 26.7 Å². The normalized spacial score (nSPS) is 20.8. The number of rotatable bonds is 3. The van der Waals surface area contributed by atoms with Crippen molar-refractivity contribution in [3.63, 3.8) is 0 Å². The van der Waals surface area contributed by atoms with Crippen molar-refractivity contribution >= 4 is 10.0 Å². The molecule has 0 aromatic rings. The van der Waals surface area contributed by atoms with Crippen molar-refractivity contribution < 1.29 is 8.42 Å². The van der Waals surface area contributed by atoms with E-state index >= 15 is 0 Å². The summed E-state index contributed by atoms with van der Waals surface area (Å²) in [5.74, 6) is 0. The first-order valence-electron chi connectivity index (χ1n) is 4.61. The Morgan fingerprint density at radius 3 is 2.15 bits per heavy atom. The van der Waals surface area contributed by atoms with E-state index in [1.54, 1.807) is 18.2 Å². The Labute approximate surface area is 80.1 Å². The van der Waals surface area contributed by atoms with E-state index in [4.69, 9.17) is 5.73 Å². The second kappa shape index (κ2) is 3.55. The monoisotopic (exact) mass is 206 g/mol. The molecule has 0 aromatic heterocycles. The van der Waals surface area contributed by atoms with Crippen LogP contribution >= 0.6 is 0 Å². The van der Waals surface area contributed by atoms with Gasteiger partial charge in [0.2, 0.25) is 10.0 Å². The van der Waals surface area contributed by atoms with Gasteiger partial charge < -0.3 is 5.73 Å². The Morgan fingerprint density at radius 1 is 1.31 bits per heavy atom. The lowest BCUT2D eigenvalue weighted by Gasteiger charge is -2.28. The summed E-state index contributed by atoms with van der Waals surface area (Å²) in [5, 5.41) is 0. The highest BCUT2D eigenvalue weighted by atomic mass is 32.2. The number of nitrogens with two attached hydrogens (primary N) is 1. The van der Waals surface area contributed by atoms with Gasteiger partial charge in [0.25, 0.3) is 0 Å². The van der Waals surface area contributed by atoms with Crippen molar-refractivity contribution in [3.8, 4) is 0 Å². The smallest absolute Gasteiger partial charge is 0.220 e. The zero-order chi connectivity index (χ0) is 10.1. The minimum Gasteiger partial charge on any atom is -0.329 e. The molecule has 0 spiro atoms. The maximum atomic E-state index is 11.9. The third-order valence-electron chi connectivity index (χ3n) is 2.59. The molecule has 0 unspecified atom stereocenters. The lowest BCUT2D eigenvalue weighted by molar-refractivity contribution is 0.445. The van der Waals surface area contributed by atoms with Crippen molar-refractivity contribution in [3.05, 3.63) is 0 Å². The third kappa shape index (κ3) is 1.87. The maximum absolute atomic E-state index is 11.9. The molecular formula is C8H18N2O2S. The van der Waals surface area contributed by atoms with Crippen molar-refractivity contribution in [2.45, 2.75) is 31.4 Å². The van der Waals surface area contributed by atoms with Gasteiger partial charge in [-0.3, -0.25) is 0 Å². The molecule has 5 heteroatoms. The minimum atomic E-state index is -3.18. The van der Waals surface area contributed by atoms with Crippen LogP contribution < -0.4 is 5.73 Å². The minimum absolute atomic E-state index is 0.172. The number of hydrogen-bond donors (Lipinski definition) is 1. The second-order valence-electron chi connectivity index (χ2n) is 4.08. The first-order chi connectivity index (χ1) is 5.92. The molecule has 1 aliphatic rings. The number of sulfonamides is 1. The standard InChI is InChI=1S/C8H18N2O2S/c1-8(2,7-9)13(11,12)10-5-3-4-6-10/h3-7,9H2,1-2H3. The molecule has 1 fully saturated rings. The van der Waals surface area contributed by atoms with E-state index in [2.05, 4.69) is 0 Å². The van der Waals surface area contributed by atoms with Gasteiger partial charge in [-0.15, -0.1) is 0 Å². The predicted octanol–water partition coefficient (Wildman–Crippen LogP) is 0.149. The van der Waals surface area contributed by atoms with Gasteiger partial charge in [-0.25, -0.2) is 12.7 Å². The summed E-state index contributed by atoms with van der Waals surface area (Å²) >= 11 is 0. The predicted molar refractivity (Wildman–Crippen MR) is 52.9 cm³/mol. The Bertz CT molecular complexity index is 266. The zero-order valence-electron chi connectivity index (χ0n) is 8.28. The average molecular weight is 206 g/mol. The largest absolute Gasteiger partial charge is 0.329 e. The fourth-order valence-electron chi connectivity index (χ4n) is 1.38. The molecule has 4 nitrogen and oxygen atoms in total. The van der Waals surface area contributed by atoms with Gasteiger partial charge in [0.05, 0.1) is 4.75 Å². The number of hydrogen-bond acceptors (Lipinski definition) is 3. The SMILES string of the molecule is CC(C)(CN)S(=O)(=O)N1CCCC1. The molecule has 0 bridgehead atoms. The van der Waals surface area contributed by atoms with Gasteiger partial charge in [-0.2, -0.15) is 0 Å². The van der Waals surface area contributed by atoms with Crippen LogP contribution in [0.5, 0.6) is 0 Å². The lowest BCUT2D eigenvalue weighted by atomic mass is 10.2. The average Bonchev–Trinajstić information content (AvgIpc) is 2.56. The van der Waals surface area contributed by atoms with Gasteiger partial charge in [0.15, 0.2) is 0 Å². The van der Waals surface area contributed by atoms with Crippen LogP contribution in [0.25, 0.3) is 0 Å². The highest BCUT2D eigenvalue weighted by Crippen LogP contribution is 2.23. The lowest BCUT2D eigenvalue weighted by Crippen LogP contribution is -2.47. The highest BCUT2D eigenvalue weighted by molar-refractivity contribution is 7.90. The van der Waals surface area contributed by atoms with Crippen LogP contribution in [-0.2, 0) is 10.0 Å². The number of nitrogens with zero attached hydrogens (tertiary/aromatic N) is 1. The summed E-state index contributed by atoms with van der Waals surface area (Å²) < 4.78 is 24.6. The molecule has 2 N–H and O–H groups in total. The Hall–Kier alpha value is -0.130. The summed E-state index contributed by atoms with van der Waals surface area (Å²) in [5.41, 5.74) is 5.45. The van der Waals surface area contributed by atoms with E-state index in [1.807, 2.05) is 0 Å². The fourth-order valence-corrected chi connectivity index (χ4v) is 3.03. The quantitative estimate of drug-likeness (QED) is 0.715. The summed E-state index contributed by atoms with van der Waals surface area (Å²) in [4.78, 5) is 0. The molecule has 1 aliphatic heterocycles. The van der Waals surface area contributed by atoms with E-state index in [1.165, 1.54) is 0 Å². The molecule has 1 saturated heterocycles. The summed E-state index contributed by atoms with van der Waals surface area (Å²) in [6, 6.07) is 0. The van der Waals surface area contributed by atoms with Gasteiger partial charge >= 0.3 is 0 Å². The molecule has 78 valence electrons. The molecule has 13 heavy (non-hydrogen) atoms. The van der Waals surface area contributed by atoms with Crippen LogP contribution in [0, 0.1) is 0 Å². The first-order valence-corrected chi connectivity index (χ1v) is 6.05. The Morgan fingerprint density at radius 2 is 1.77 bits per heavy atom. The van der Waals surface area contributed by atoms with Gasteiger partial charge in [0, 0.05) is 19.6 Å². The van der Waals surface area contributed by atoms with Crippen LogP contribution in [0.3, 0.4) is 0 Å². The van der Waals surface area contributed by atoms with Gasteiger partial charge in [-0.05, 0) is 26.7 Å². The second-order valence-corrected chi connectivity index (χ2v) is 6.65. The molecule has 0 atom stereocenters. The molecule has 1 rings (SSSR count). The van der Waals surface area contributed by atoms with Crippen molar-refractivity contribution in [1.29, 1.82) is 0 Å². The van der Waals surface area contributed by atoms with E-state index in [-0.39, 0.29) is 6.54 Å². The Kier molecular flexibility index (Phi) is 2.99. The third-order valence-corrected chi connectivity index (χ3v) is 5.20. The summed E-state index contributed by atoms with van der Waals surface area (Å²) in [6.07, 6.45) is 1.94. The van der Waals surface area contributed by atoms with Crippen LogP contribution in [-0.4, -0.2) is 37.1 Å². The Balaban J connectivity index is 2.87. The van der Waals surface area contributed by atoms with Crippen molar-refractivity contribution in [2.24, 2.45) is 5.73 Å². The van der Waals surface area contributed by atoms with Crippen LogP contribution in [0.4, 0.5) is 0 Å². The molecule has 0 aliphatic carbocycles. The van der Waals surface area contributed by atoms with Gasteiger partial charge in [-0.1, -0.05) is 0 Å². The zero-order valence-corrected chi connectivity index (χ0v) is 9.10. The molecule has 0 aromatic carbocycles. The van der Waals surface area contributed by atoms with Crippen molar-refractivity contribution in [1.82, 2.24) is 4.31 Å². The molecule has 0 saturated carbocycles. The summed E-state index contributed by atoms with van der Waals surface area (Å²) in [7, 11) is -3.18. The van der Waals surface area contributed by atoms with E-state index in [9.17, 15) is 8.42 Å². The molecule has 0 amide bonds. The van der Waals surface area contributed by atoms with Gasteiger partial charge in [0.1, 0.15) is 0 Å². The molecule has 0 radical (unpaired) electrons. The van der Waals surface area contributed by atoms with E-state index < -0.39 is 14.8 Å². The molecule has 1 heterocycles. The van der Waals surface area contributed by atoms with E-state index in [0.717, 1.165) is 12.8 Å². The molecular weight excluding hydrogens is 188 g/mol. The van der Waals surface area contributed by atoms with E-state index in [0.29, 0.717) is 13.1 Å². The van der Waals surface area contributed by atoms with Crippen LogP contribution in [0.15, 0.2) is 0 Å². The first kappa shape index (κ1) is 10.9. The topological polar surface area (TPSA) is 63.4 Å². The van der Waals surface area contributed by atoms with Crippen LogP contribution in [0.2, 0.25) is 0 Å². The summed E-state index contributed by atoms with van der Waals surface area (Å²) in [6.45, 7) is 4.85. The maximum Gasteiger partial charge on any atom is 0.220 e.